The molecule has 0 spiro atoms. The van der Waals surface area contributed by atoms with Crippen molar-refractivity contribution in [2.24, 2.45) is 5.92 Å². The van der Waals surface area contributed by atoms with E-state index < -0.39 is 23.8 Å². The lowest BCUT2D eigenvalue weighted by Crippen LogP contribution is -2.55. The molecule has 0 bridgehead atoms. The summed E-state index contributed by atoms with van der Waals surface area (Å²) >= 11 is 0. The quantitative estimate of drug-likeness (QED) is 0.382. The number of rotatable bonds is 9. The Bertz CT molecular complexity index is 1170. The molecule has 3 rings (SSSR count). The fourth-order valence-electron chi connectivity index (χ4n) is 4.96. The zero-order valence-electron chi connectivity index (χ0n) is 25.0. The van der Waals surface area contributed by atoms with Crippen LogP contribution in [0.4, 0.5) is 10.5 Å². The van der Waals surface area contributed by atoms with E-state index >= 15 is 0 Å². The molecule has 2 aromatic rings. The standard InChI is InChI=1S/C32H45N3O4/c1-10-21(4)27(34-31(38)39-32(7,8)9)30(37)35(25-14-15-25)28(24-17-19(2)16-20(3)18-24)29(36)33-26-22(5)12-11-13-23(26)6/h11-13,16-18,21,25,27-28H,10,14-15H2,1-9H3,(H,33,36)(H,34,38). The molecule has 212 valence electrons. The maximum absolute atomic E-state index is 14.4. The van der Waals surface area contributed by atoms with E-state index in [0.717, 1.165) is 46.3 Å². The summed E-state index contributed by atoms with van der Waals surface area (Å²) in [4.78, 5) is 43.1. The summed E-state index contributed by atoms with van der Waals surface area (Å²) in [5.74, 6) is -0.691. The Hall–Kier alpha value is -3.35. The normalized spacial score (nSPS) is 15.6. The van der Waals surface area contributed by atoms with Crippen LogP contribution in [0.2, 0.25) is 0 Å². The molecule has 0 radical (unpaired) electrons. The van der Waals surface area contributed by atoms with Gasteiger partial charge in [0, 0.05) is 11.7 Å². The molecule has 3 amide bonds. The number of alkyl carbamates (subject to hydrolysis) is 1. The Kier molecular flexibility index (Phi) is 9.47. The van der Waals surface area contributed by atoms with Crippen LogP contribution in [0.3, 0.4) is 0 Å². The molecule has 39 heavy (non-hydrogen) atoms. The number of amides is 3. The lowest BCUT2D eigenvalue weighted by Gasteiger charge is -2.36. The maximum atomic E-state index is 14.4. The van der Waals surface area contributed by atoms with Gasteiger partial charge in [0.1, 0.15) is 17.7 Å². The van der Waals surface area contributed by atoms with Gasteiger partial charge in [-0.3, -0.25) is 9.59 Å². The largest absolute Gasteiger partial charge is 0.444 e. The van der Waals surface area contributed by atoms with Gasteiger partial charge in [0.25, 0.3) is 5.91 Å². The van der Waals surface area contributed by atoms with E-state index in [0.29, 0.717) is 6.42 Å². The second kappa shape index (κ2) is 12.2. The molecule has 3 atom stereocenters. The summed E-state index contributed by atoms with van der Waals surface area (Å²) in [7, 11) is 0. The van der Waals surface area contributed by atoms with Crippen molar-refractivity contribution in [3.63, 3.8) is 0 Å². The topological polar surface area (TPSA) is 87.7 Å². The number of nitrogens with zero attached hydrogens (tertiary/aromatic N) is 1. The number of hydrogen-bond acceptors (Lipinski definition) is 4. The van der Waals surface area contributed by atoms with Crippen molar-refractivity contribution in [2.75, 3.05) is 5.32 Å². The number of ether oxygens (including phenoxy) is 1. The van der Waals surface area contributed by atoms with Crippen molar-refractivity contribution in [1.29, 1.82) is 0 Å². The number of carbonyl (C=O) groups is 3. The molecule has 0 heterocycles. The third-order valence-electron chi connectivity index (χ3n) is 7.16. The first kappa shape index (κ1) is 30.2. The molecule has 1 saturated carbocycles. The molecule has 1 fully saturated rings. The summed E-state index contributed by atoms with van der Waals surface area (Å²) in [6.45, 7) is 17.2. The van der Waals surface area contributed by atoms with Crippen LogP contribution < -0.4 is 10.6 Å². The van der Waals surface area contributed by atoms with E-state index in [4.69, 9.17) is 4.74 Å². The maximum Gasteiger partial charge on any atom is 0.408 e. The molecule has 2 aromatic carbocycles. The highest BCUT2D eigenvalue weighted by atomic mass is 16.6. The van der Waals surface area contributed by atoms with E-state index in [1.165, 1.54) is 0 Å². The van der Waals surface area contributed by atoms with Gasteiger partial charge in [-0.25, -0.2) is 4.79 Å². The minimum Gasteiger partial charge on any atom is -0.444 e. The fourth-order valence-corrected chi connectivity index (χ4v) is 4.96. The first-order valence-electron chi connectivity index (χ1n) is 14.0. The smallest absolute Gasteiger partial charge is 0.408 e. The second-order valence-corrected chi connectivity index (χ2v) is 12.1. The van der Waals surface area contributed by atoms with E-state index in [1.54, 1.807) is 25.7 Å². The van der Waals surface area contributed by atoms with Crippen LogP contribution in [0.25, 0.3) is 0 Å². The zero-order valence-corrected chi connectivity index (χ0v) is 25.0. The van der Waals surface area contributed by atoms with Gasteiger partial charge in [0.15, 0.2) is 0 Å². The van der Waals surface area contributed by atoms with Crippen LogP contribution in [0, 0.1) is 33.6 Å². The first-order valence-corrected chi connectivity index (χ1v) is 14.0. The molecule has 0 aromatic heterocycles. The van der Waals surface area contributed by atoms with E-state index in [2.05, 4.69) is 16.7 Å². The van der Waals surface area contributed by atoms with Crippen molar-refractivity contribution < 1.29 is 19.1 Å². The van der Waals surface area contributed by atoms with Crippen molar-refractivity contribution in [3.8, 4) is 0 Å². The summed E-state index contributed by atoms with van der Waals surface area (Å²) < 4.78 is 5.50. The Balaban J connectivity index is 2.07. The Labute approximate surface area is 233 Å². The van der Waals surface area contributed by atoms with Crippen LogP contribution in [-0.2, 0) is 14.3 Å². The number of benzene rings is 2. The molecule has 7 nitrogen and oxygen atoms in total. The first-order chi connectivity index (χ1) is 18.2. The van der Waals surface area contributed by atoms with E-state index in [1.807, 2.05) is 71.9 Å². The SMILES string of the molecule is CCC(C)C(NC(=O)OC(C)(C)C)C(=O)N(C1CC1)C(C(=O)Nc1c(C)cccc1C)c1cc(C)cc(C)c1. The van der Waals surface area contributed by atoms with Crippen molar-refractivity contribution in [3.05, 3.63) is 64.2 Å². The molecule has 0 aliphatic heterocycles. The van der Waals surface area contributed by atoms with Crippen LogP contribution in [0.15, 0.2) is 36.4 Å². The lowest BCUT2D eigenvalue weighted by molar-refractivity contribution is -0.142. The van der Waals surface area contributed by atoms with Crippen molar-refractivity contribution in [1.82, 2.24) is 10.2 Å². The number of aryl methyl sites for hydroxylation is 4. The molecule has 0 saturated heterocycles. The van der Waals surface area contributed by atoms with Gasteiger partial charge in [-0.2, -0.15) is 0 Å². The van der Waals surface area contributed by atoms with E-state index in [9.17, 15) is 14.4 Å². The van der Waals surface area contributed by atoms with Crippen LogP contribution >= 0.6 is 0 Å². The van der Waals surface area contributed by atoms with E-state index in [-0.39, 0.29) is 23.8 Å². The number of anilines is 1. The van der Waals surface area contributed by atoms with Crippen LogP contribution in [0.1, 0.15) is 87.7 Å². The number of hydrogen-bond donors (Lipinski definition) is 2. The predicted octanol–water partition coefficient (Wildman–Crippen LogP) is 6.53. The van der Waals surface area contributed by atoms with Gasteiger partial charge in [0.2, 0.25) is 5.91 Å². The minimum atomic E-state index is -0.852. The highest BCUT2D eigenvalue weighted by Crippen LogP contribution is 2.37. The minimum absolute atomic E-state index is 0.0842. The van der Waals surface area contributed by atoms with Crippen molar-refractivity contribution in [2.45, 2.75) is 105 Å². The average Bonchev–Trinajstić information content (AvgIpc) is 3.65. The number of para-hydroxylation sites is 1. The Morgan fingerprint density at radius 1 is 1.00 bits per heavy atom. The highest BCUT2D eigenvalue weighted by Gasteiger charge is 2.45. The molecular formula is C32H45N3O4. The molecular weight excluding hydrogens is 490 g/mol. The van der Waals surface area contributed by atoms with Gasteiger partial charge < -0.3 is 20.3 Å². The number of carbonyl (C=O) groups excluding carboxylic acids is 3. The monoisotopic (exact) mass is 535 g/mol. The zero-order chi connectivity index (χ0) is 29.1. The Morgan fingerprint density at radius 3 is 2.05 bits per heavy atom. The predicted molar refractivity (Wildman–Crippen MR) is 156 cm³/mol. The summed E-state index contributed by atoms with van der Waals surface area (Å²) in [6.07, 6.45) is 1.65. The third-order valence-corrected chi connectivity index (χ3v) is 7.16. The van der Waals surface area contributed by atoms with Gasteiger partial charge in [-0.1, -0.05) is 67.8 Å². The molecule has 1 aliphatic rings. The van der Waals surface area contributed by atoms with Crippen molar-refractivity contribution >= 4 is 23.6 Å². The summed E-state index contributed by atoms with van der Waals surface area (Å²) in [6, 6.07) is 10.1. The average molecular weight is 536 g/mol. The van der Waals surface area contributed by atoms with Gasteiger partial charge in [-0.15, -0.1) is 0 Å². The lowest BCUT2D eigenvalue weighted by atomic mass is 9.94. The second-order valence-electron chi connectivity index (χ2n) is 12.1. The van der Waals surface area contributed by atoms with Crippen LogP contribution in [-0.4, -0.2) is 40.5 Å². The Morgan fingerprint density at radius 2 is 1.56 bits per heavy atom. The summed E-state index contributed by atoms with van der Waals surface area (Å²) in [5, 5.41) is 5.98. The van der Waals surface area contributed by atoms with Gasteiger partial charge in [-0.05, 0) is 83.9 Å². The van der Waals surface area contributed by atoms with Gasteiger partial charge >= 0.3 is 6.09 Å². The van der Waals surface area contributed by atoms with Crippen LogP contribution in [0.5, 0.6) is 0 Å². The summed E-state index contributed by atoms with van der Waals surface area (Å²) in [5.41, 5.74) is 4.76. The van der Waals surface area contributed by atoms with Gasteiger partial charge in [0.05, 0.1) is 0 Å². The fraction of sp³-hybridized carbons (Fsp3) is 0.531. The number of nitrogens with one attached hydrogen (secondary N) is 2. The molecule has 2 N–H and O–H groups in total. The third kappa shape index (κ3) is 7.84. The highest BCUT2D eigenvalue weighted by molar-refractivity contribution is 6.00. The molecule has 7 heteroatoms. The molecule has 1 aliphatic carbocycles. The molecule has 3 unspecified atom stereocenters.